The van der Waals surface area contributed by atoms with Crippen LogP contribution in [0.15, 0.2) is 24.3 Å². The van der Waals surface area contributed by atoms with Gasteiger partial charge in [0, 0.05) is 18.4 Å². The van der Waals surface area contributed by atoms with Crippen LogP contribution in [0.3, 0.4) is 0 Å². The number of rotatable bonds is 8. The molecule has 29 heavy (non-hydrogen) atoms. The number of hydrogen-bond acceptors (Lipinski definition) is 5. The summed E-state index contributed by atoms with van der Waals surface area (Å²) in [6.07, 6.45) is 2.78. The van der Waals surface area contributed by atoms with E-state index < -0.39 is 11.6 Å². The third-order valence-electron chi connectivity index (χ3n) is 4.13. The van der Waals surface area contributed by atoms with Crippen LogP contribution in [-0.4, -0.2) is 32.6 Å². The Morgan fingerprint density at radius 1 is 1.14 bits per heavy atom. The van der Waals surface area contributed by atoms with Crippen molar-refractivity contribution in [3.05, 3.63) is 57.6 Å². The number of unbranched alkanes of at least 4 members (excludes halogenated alkanes) is 1. The molecule has 1 heterocycles. The normalized spacial score (nSPS) is 11.3. The fourth-order valence-corrected chi connectivity index (χ4v) is 3.03. The Labute approximate surface area is 176 Å². The molecule has 156 valence electrons. The molecular formula is C22H27ClN2O4. The number of ether oxygens (including phenoxy) is 1. The van der Waals surface area contributed by atoms with E-state index in [9.17, 15) is 14.7 Å². The summed E-state index contributed by atoms with van der Waals surface area (Å²) in [5.74, 6) is -0.757. The molecule has 0 bridgehead atoms. The van der Waals surface area contributed by atoms with Gasteiger partial charge in [0.15, 0.2) is 0 Å². The van der Waals surface area contributed by atoms with Crippen LogP contribution in [0.5, 0.6) is 0 Å². The van der Waals surface area contributed by atoms with Gasteiger partial charge in [-0.2, -0.15) is 0 Å². The second-order valence-corrected chi connectivity index (χ2v) is 8.26. The lowest BCUT2D eigenvalue weighted by Crippen LogP contribution is -2.23. The zero-order valence-corrected chi connectivity index (χ0v) is 18.0. The summed E-state index contributed by atoms with van der Waals surface area (Å²) < 4.78 is 5.37. The van der Waals surface area contributed by atoms with Gasteiger partial charge >= 0.3 is 11.9 Å². The summed E-state index contributed by atoms with van der Waals surface area (Å²) in [5, 5.41) is 9.41. The van der Waals surface area contributed by atoms with Crippen LogP contribution in [0.4, 0.5) is 0 Å². The number of halogens is 1. The molecule has 0 unspecified atom stereocenters. The van der Waals surface area contributed by atoms with Crippen molar-refractivity contribution in [2.75, 3.05) is 0 Å². The van der Waals surface area contributed by atoms with E-state index >= 15 is 0 Å². The molecule has 0 aliphatic carbocycles. The molecule has 0 atom stereocenters. The molecule has 0 saturated carbocycles. The standard InChI is InChI=1S/C22H27ClN2O4/c1-5-6-7-18-24-17(16(13-19(26)27)20(23)25-18)12-14-8-10-15(11-9-14)21(28)29-22(2,3)4/h8-11H,5-7,12-13H2,1-4H3,(H,26,27). The Balaban J connectivity index is 2.28. The monoisotopic (exact) mass is 418 g/mol. The van der Waals surface area contributed by atoms with Crippen LogP contribution in [0.25, 0.3) is 0 Å². The van der Waals surface area contributed by atoms with E-state index in [0.717, 1.165) is 18.4 Å². The van der Waals surface area contributed by atoms with Crippen LogP contribution in [-0.2, 0) is 28.8 Å². The number of carboxylic acids is 1. The number of carboxylic acid groups (broad SMARTS) is 1. The minimum Gasteiger partial charge on any atom is -0.481 e. The van der Waals surface area contributed by atoms with Crippen LogP contribution < -0.4 is 0 Å². The Hall–Kier alpha value is -2.47. The van der Waals surface area contributed by atoms with Gasteiger partial charge in [-0.3, -0.25) is 4.79 Å². The maximum absolute atomic E-state index is 12.2. The van der Waals surface area contributed by atoms with Crippen molar-refractivity contribution in [1.82, 2.24) is 9.97 Å². The highest BCUT2D eigenvalue weighted by molar-refractivity contribution is 6.30. The Kier molecular flexibility index (Phi) is 7.73. The van der Waals surface area contributed by atoms with Crippen molar-refractivity contribution < 1.29 is 19.4 Å². The smallest absolute Gasteiger partial charge is 0.338 e. The predicted molar refractivity (Wildman–Crippen MR) is 111 cm³/mol. The molecule has 2 aromatic rings. The highest BCUT2D eigenvalue weighted by Gasteiger charge is 2.19. The number of esters is 1. The molecule has 0 aliphatic heterocycles. The van der Waals surface area contributed by atoms with Gasteiger partial charge in [0.05, 0.1) is 17.7 Å². The zero-order valence-electron chi connectivity index (χ0n) is 17.3. The van der Waals surface area contributed by atoms with Crippen LogP contribution in [0, 0.1) is 0 Å². The van der Waals surface area contributed by atoms with E-state index in [4.69, 9.17) is 16.3 Å². The van der Waals surface area contributed by atoms with Crippen molar-refractivity contribution in [2.24, 2.45) is 0 Å². The Morgan fingerprint density at radius 2 is 1.79 bits per heavy atom. The third kappa shape index (κ3) is 7.13. The molecule has 0 saturated heterocycles. The number of aromatic nitrogens is 2. The van der Waals surface area contributed by atoms with E-state index in [1.807, 2.05) is 32.9 Å². The minimum atomic E-state index is -0.988. The van der Waals surface area contributed by atoms with Gasteiger partial charge in [-0.05, 0) is 44.9 Å². The Morgan fingerprint density at radius 3 is 2.34 bits per heavy atom. The summed E-state index contributed by atoms with van der Waals surface area (Å²) in [4.78, 5) is 32.3. The van der Waals surface area contributed by atoms with E-state index in [2.05, 4.69) is 16.9 Å². The predicted octanol–water partition coefficient (Wildman–Crippen LogP) is 4.65. The molecule has 0 spiro atoms. The van der Waals surface area contributed by atoms with Gasteiger partial charge in [-0.1, -0.05) is 37.1 Å². The fourth-order valence-electron chi connectivity index (χ4n) is 2.76. The van der Waals surface area contributed by atoms with E-state index in [1.165, 1.54) is 0 Å². The van der Waals surface area contributed by atoms with Gasteiger partial charge in [-0.15, -0.1) is 0 Å². The number of hydrogen-bond donors (Lipinski definition) is 1. The summed E-state index contributed by atoms with van der Waals surface area (Å²) in [6.45, 7) is 7.53. The first-order valence-corrected chi connectivity index (χ1v) is 10.0. The molecule has 2 rings (SSSR count). The van der Waals surface area contributed by atoms with Crippen molar-refractivity contribution in [2.45, 2.75) is 65.4 Å². The summed E-state index contributed by atoms with van der Waals surface area (Å²) >= 11 is 6.28. The molecule has 0 amide bonds. The molecule has 0 radical (unpaired) electrons. The lowest BCUT2D eigenvalue weighted by molar-refractivity contribution is -0.136. The summed E-state index contributed by atoms with van der Waals surface area (Å²) in [7, 11) is 0. The first-order valence-electron chi connectivity index (χ1n) is 9.67. The highest BCUT2D eigenvalue weighted by atomic mass is 35.5. The number of aliphatic carboxylic acids is 1. The molecule has 0 aliphatic rings. The van der Waals surface area contributed by atoms with Crippen molar-refractivity contribution >= 4 is 23.5 Å². The minimum absolute atomic E-state index is 0.189. The molecule has 1 aromatic carbocycles. The quantitative estimate of drug-likeness (QED) is 0.496. The maximum Gasteiger partial charge on any atom is 0.338 e. The molecular weight excluding hydrogens is 392 g/mol. The average molecular weight is 419 g/mol. The second-order valence-electron chi connectivity index (χ2n) is 7.91. The van der Waals surface area contributed by atoms with Gasteiger partial charge < -0.3 is 9.84 Å². The summed E-state index contributed by atoms with van der Waals surface area (Å²) in [6, 6.07) is 7.01. The van der Waals surface area contributed by atoms with E-state index in [0.29, 0.717) is 35.5 Å². The van der Waals surface area contributed by atoms with Crippen molar-refractivity contribution in [3.8, 4) is 0 Å². The fraction of sp³-hybridized carbons (Fsp3) is 0.455. The lowest BCUT2D eigenvalue weighted by atomic mass is 10.0. The Bertz CT molecular complexity index is 874. The van der Waals surface area contributed by atoms with Crippen molar-refractivity contribution in [1.29, 1.82) is 0 Å². The second kappa shape index (κ2) is 9.83. The van der Waals surface area contributed by atoms with E-state index in [-0.39, 0.29) is 17.5 Å². The van der Waals surface area contributed by atoms with Crippen LogP contribution in [0.2, 0.25) is 5.15 Å². The van der Waals surface area contributed by atoms with Crippen LogP contribution >= 0.6 is 11.6 Å². The highest BCUT2D eigenvalue weighted by Crippen LogP contribution is 2.22. The molecule has 6 nitrogen and oxygen atoms in total. The number of nitrogens with zero attached hydrogens (tertiary/aromatic N) is 2. The van der Waals surface area contributed by atoms with E-state index in [1.54, 1.807) is 12.1 Å². The lowest BCUT2D eigenvalue weighted by Gasteiger charge is -2.19. The van der Waals surface area contributed by atoms with Crippen LogP contribution in [0.1, 0.15) is 73.5 Å². The number of benzene rings is 1. The molecule has 1 N–H and O–H groups in total. The largest absolute Gasteiger partial charge is 0.481 e. The van der Waals surface area contributed by atoms with Gasteiger partial charge in [0.1, 0.15) is 16.6 Å². The summed E-state index contributed by atoms with van der Waals surface area (Å²) in [5.41, 5.74) is 1.81. The molecule has 1 aromatic heterocycles. The SMILES string of the molecule is CCCCc1nc(Cl)c(CC(=O)O)c(Cc2ccc(C(=O)OC(C)(C)C)cc2)n1. The maximum atomic E-state index is 12.2. The molecule has 7 heteroatoms. The topological polar surface area (TPSA) is 89.4 Å². The zero-order chi connectivity index (χ0) is 21.6. The number of carbonyl (C=O) groups excluding carboxylic acids is 1. The van der Waals surface area contributed by atoms with Gasteiger partial charge in [0.25, 0.3) is 0 Å². The first-order chi connectivity index (χ1) is 13.6. The third-order valence-corrected chi connectivity index (χ3v) is 4.44. The van der Waals surface area contributed by atoms with Gasteiger partial charge in [-0.25, -0.2) is 14.8 Å². The number of carbonyl (C=O) groups is 2. The average Bonchev–Trinajstić information content (AvgIpc) is 2.61. The number of aryl methyl sites for hydroxylation is 1. The van der Waals surface area contributed by atoms with Gasteiger partial charge in [0.2, 0.25) is 0 Å². The molecule has 0 fully saturated rings. The first kappa shape index (κ1) is 22.8. The van der Waals surface area contributed by atoms with Crippen molar-refractivity contribution in [3.63, 3.8) is 0 Å².